The number of hydrogen-bond acceptors (Lipinski definition) is 3. The van der Waals surface area contributed by atoms with Gasteiger partial charge in [0.15, 0.2) is 0 Å². The molecule has 0 amide bonds. The first-order chi connectivity index (χ1) is 12.7. The number of hydrogen-bond donors (Lipinski definition) is 2. The average molecular weight is 349 g/mol. The first kappa shape index (κ1) is 15.7. The van der Waals surface area contributed by atoms with Crippen LogP contribution in [0.2, 0.25) is 0 Å². The van der Waals surface area contributed by atoms with Crippen molar-refractivity contribution in [2.75, 3.05) is 12.4 Å². The van der Waals surface area contributed by atoms with E-state index in [0.717, 1.165) is 11.4 Å². The summed E-state index contributed by atoms with van der Waals surface area (Å²) in [4.78, 5) is 11.5. The summed E-state index contributed by atoms with van der Waals surface area (Å²) >= 11 is 0. The van der Waals surface area contributed by atoms with Crippen LogP contribution >= 0.6 is 0 Å². The molecule has 0 aromatic heterocycles. The molecule has 1 heterocycles. The van der Waals surface area contributed by atoms with Crippen LogP contribution in [0.3, 0.4) is 0 Å². The number of methoxy groups -OCH3 is 1. The van der Waals surface area contributed by atoms with Crippen LogP contribution in [0.5, 0.6) is 5.75 Å². The van der Waals surface area contributed by atoms with Crippen molar-refractivity contribution in [2.45, 2.75) is 31.2 Å². The topological polar surface area (TPSA) is 58.6 Å². The minimum atomic E-state index is -0.848. The number of nitrogens with one attached hydrogen (secondary N) is 1. The largest absolute Gasteiger partial charge is 0.496 e. The van der Waals surface area contributed by atoms with Gasteiger partial charge in [0.25, 0.3) is 0 Å². The number of carboxylic acids is 1. The Bertz CT molecular complexity index is 877. The number of carboxylic acid groups (broad SMARTS) is 1. The van der Waals surface area contributed by atoms with Crippen molar-refractivity contribution in [1.29, 1.82) is 0 Å². The van der Waals surface area contributed by atoms with E-state index in [2.05, 4.69) is 17.4 Å². The van der Waals surface area contributed by atoms with Crippen LogP contribution < -0.4 is 10.1 Å². The Labute approximate surface area is 153 Å². The van der Waals surface area contributed by atoms with Gasteiger partial charge in [-0.15, -0.1) is 0 Å². The lowest BCUT2D eigenvalue weighted by Crippen LogP contribution is -2.35. The van der Waals surface area contributed by atoms with Gasteiger partial charge in [-0.05, 0) is 72.8 Å². The van der Waals surface area contributed by atoms with Gasteiger partial charge in [-0.25, -0.2) is 4.79 Å². The van der Waals surface area contributed by atoms with E-state index in [1.807, 2.05) is 24.3 Å². The minimum absolute atomic E-state index is 0.217. The van der Waals surface area contributed by atoms with E-state index in [9.17, 15) is 9.90 Å². The number of anilines is 1. The molecule has 26 heavy (non-hydrogen) atoms. The maximum atomic E-state index is 11.5. The Kier molecular flexibility index (Phi) is 3.49. The molecule has 5 atom stereocenters. The van der Waals surface area contributed by atoms with E-state index in [-0.39, 0.29) is 6.04 Å². The SMILES string of the molecule is COc1ccccc1C1Nc2ccc(C(=O)O)cc2C2C3CCC(C3)C12. The number of ether oxygens (including phenoxy) is 1. The number of fused-ring (bicyclic) bond motifs is 7. The molecule has 4 nitrogen and oxygen atoms in total. The zero-order chi connectivity index (χ0) is 17.8. The Morgan fingerprint density at radius 1 is 1.12 bits per heavy atom. The maximum Gasteiger partial charge on any atom is 0.335 e. The summed E-state index contributed by atoms with van der Waals surface area (Å²) < 4.78 is 5.65. The fourth-order valence-electron chi connectivity index (χ4n) is 5.85. The van der Waals surface area contributed by atoms with E-state index in [0.29, 0.717) is 29.2 Å². The fourth-order valence-corrected chi connectivity index (χ4v) is 5.85. The molecule has 0 radical (unpaired) electrons. The summed E-state index contributed by atoms with van der Waals surface area (Å²) in [5, 5.41) is 13.2. The molecule has 134 valence electrons. The molecular formula is C22H23NO3. The van der Waals surface area contributed by atoms with Gasteiger partial charge < -0.3 is 15.2 Å². The maximum absolute atomic E-state index is 11.5. The van der Waals surface area contributed by atoms with Crippen molar-refractivity contribution in [3.05, 3.63) is 59.2 Å². The van der Waals surface area contributed by atoms with Gasteiger partial charge in [0.1, 0.15) is 5.75 Å². The lowest BCUT2D eigenvalue weighted by atomic mass is 9.67. The molecule has 2 saturated carbocycles. The Morgan fingerprint density at radius 2 is 1.92 bits per heavy atom. The summed E-state index contributed by atoms with van der Waals surface area (Å²) in [7, 11) is 1.73. The Hall–Kier alpha value is -2.49. The number of rotatable bonds is 3. The van der Waals surface area contributed by atoms with Crippen LogP contribution in [0.4, 0.5) is 5.69 Å². The lowest BCUT2D eigenvalue weighted by Gasteiger charge is -2.43. The Balaban J connectivity index is 1.65. The van der Waals surface area contributed by atoms with E-state index in [1.165, 1.54) is 30.4 Å². The third-order valence-corrected chi connectivity index (χ3v) is 6.81. The zero-order valence-corrected chi connectivity index (χ0v) is 14.8. The first-order valence-corrected chi connectivity index (χ1v) is 9.44. The monoisotopic (exact) mass is 349 g/mol. The molecule has 2 aromatic carbocycles. The van der Waals surface area contributed by atoms with Crippen LogP contribution in [-0.2, 0) is 0 Å². The van der Waals surface area contributed by atoms with E-state index < -0.39 is 5.97 Å². The molecule has 0 saturated heterocycles. The predicted octanol–water partition coefficient (Wildman–Crippen LogP) is 4.69. The molecule has 2 aromatic rings. The zero-order valence-electron chi connectivity index (χ0n) is 14.8. The van der Waals surface area contributed by atoms with Crippen molar-refractivity contribution in [2.24, 2.45) is 17.8 Å². The smallest absolute Gasteiger partial charge is 0.335 e. The van der Waals surface area contributed by atoms with Crippen LogP contribution in [-0.4, -0.2) is 18.2 Å². The van der Waals surface area contributed by atoms with Gasteiger partial charge in [0, 0.05) is 11.3 Å². The standard InChI is InChI=1S/C22H23NO3/c1-26-18-5-3-2-4-15(18)21-20-13-7-6-12(10-13)19(20)16-11-14(22(24)25)8-9-17(16)23-21/h2-5,8-9,11-13,19-21,23H,6-7,10H2,1H3,(H,24,25). The average Bonchev–Trinajstić information content (AvgIpc) is 3.29. The van der Waals surface area contributed by atoms with Gasteiger partial charge in [-0.3, -0.25) is 0 Å². The van der Waals surface area contributed by atoms with Crippen LogP contribution in [0, 0.1) is 17.8 Å². The number of aromatic carboxylic acids is 1. The summed E-state index contributed by atoms with van der Waals surface area (Å²) in [5.41, 5.74) is 3.89. The summed E-state index contributed by atoms with van der Waals surface area (Å²) in [6.45, 7) is 0. The minimum Gasteiger partial charge on any atom is -0.496 e. The highest BCUT2D eigenvalue weighted by Crippen LogP contribution is 2.64. The van der Waals surface area contributed by atoms with Gasteiger partial charge in [0.05, 0.1) is 18.7 Å². The molecule has 2 fully saturated rings. The second-order valence-corrected chi connectivity index (χ2v) is 7.91. The molecule has 2 bridgehead atoms. The van der Waals surface area contributed by atoms with Crippen molar-refractivity contribution >= 4 is 11.7 Å². The molecule has 2 aliphatic carbocycles. The van der Waals surface area contributed by atoms with Crippen molar-refractivity contribution in [3.63, 3.8) is 0 Å². The van der Waals surface area contributed by atoms with Gasteiger partial charge in [0.2, 0.25) is 0 Å². The second-order valence-electron chi connectivity index (χ2n) is 7.91. The predicted molar refractivity (Wildman–Crippen MR) is 99.8 cm³/mol. The third-order valence-electron chi connectivity index (χ3n) is 6.81. The molecule has 2 N–H and O–H groups in total. The van der Waals surface area contributed by atoms with Gasteiger partial charge in [-0.1, -0.05) is 18.2 Å². The molecule has 1 aliphatic heterocycles. The lowest BCUT2D eigenvalue weighted by molar-refractivity contribution is 0.0696. The fraction of sp³-hybridized carbons (Fsp3) is 0.409. The highest BCUT2D eigenvalue weighted by atomic mass is 16.5. The van der Waals surface area contributed by atoms with Crippen LogP contribution in [0.15, 0.2) is 42.5 Å². The van der Waals surface area contributed by atoms with Gasteiger partial charge >= 0.3 is 5.97 Å². The van der Waals surface area contributed by atoms with Gasteiger partial charge in [-0.2, -0.15) is 0 Å². The normalized spacial score (nSPS) is 31.0. The number of carbonyl (C=O) groups is 1. The summed E-state index contributed by atoms with van der Waals surface area (Å²) in [6.07, 6.45) is 3.81. The van der Waals surface area contributed by atoms with E-state index >= 15 is 0 Å². The highest BCUT2D eigenvalue weighted by molar-refractivity contribution is 5.88. The summed E-state index contributed by atoms with van der Waals surface area (Å²) in [5.74, 6) is 2.40. The molecule has 5 rings (SSSR count). The van der Waals surface area contributed by atoms with Crippen molar-refractivity contribution in [1.82, 2.24) is 0 Å². The summed E-state index contributed by atoms with van der Waals surface area (Å²) in [6, 6.07) is 14.1. The first-order valence-electron chi connectivity index (χ1n) is 9.44. The molecule has 3 aliphatic rings. The number of benzene rings is 2. The van der Waals surface area contributed by atoms with Crippen molar-refractivity contribution in [3.8, 4) is 5.75 Å². The van der Waals surface area contributed by atoms with E-state index in [1.54, 1.807) is 13.2 Å². The third kappa shape index (κ3) is 2.17. The quantitative estimate of drug-likeness (QED) is 0.844. The number of para-hydroxylation sites is 1. The highest BCUT2D eigenvalue weighted by Gasteiger charge is 2.54. The molecule has 5 unspecified atom stereocenters. The van der Waals surface area contributed by atoms with E-state index in [4.69, 9.17) is 4.74 Å². The molecule has 4 heteroatoms. The van der Waals surface area contributed by atoms with Crippen LogP contribution in [0.1, 0.15) is 52.7 Å². The Morgan fingerprint density at radius 3 is 2.73 bits per heavy atom. The molecular weight excluding hydrogens is 326 g/mol. The molecule has 0 spiro atoms. The van der Waals surface area contributed by atoms with Crippen molar-refractivity contribution < 1.29 is 14.6 Å². The van der Waals surface area contributed by atoms with Crippen LogP contribution in [0.25, 0.3) is 0 Å². The second kappa shape index (κ2) is 5.76.